The Hall–Kier alpha value is -1.55. The van der Waals surface area contributed by atoms with Crippen LogP contribution >= 0.6 is 0 Å². The van der Waals surface area contributed by atoms with Crippen LogP contribution < -0.4 is 16.0 Å². The Labute approximate surface area is 134 Å². The van der Waals surface area contributed by atoms with Crippen molar-refractivity contribution in [3.8, 4) is 0 Å². The number of carbonyl (C=O) groups is 1. The van der Waals surface area contributed by atoms with E-state index >= 15 is 0 Å². The highest BCUT2D eigenvalue weighted by atomic mass is 16.2. The fourth-order valence-corrected chi connectivity index (χ4v) is 2.79. The summed E-state index contributed by atoms with van der Waals surface area (Å²) in [5.41, 5.74) is 8.41. The first kappa shape index (κ1) is 16.8. The van der Waals surface area contributed by atoms with E-state index in [9.17, 15) is 4.79 Å². The van der Waals surface area contributed by atoms with E-state index in [4.69, 9.17) is 5.73 Å². The van der Waals surface area contributed by atoms with Crippen LogP contribution in [0.5, 0.6) is 0 Å². The first-order chi connectivity index (χ1) is 10.3. The molecule has 122 valence electrons. The van der Waals surface area contributed by atoms with E-state index in [2.05, 4.69) is 55.3 Å². The second-order valence-electron chi connectivity index (χ2n) is 7.36. The molecule has 2 rings (SSSR count). The van der Waals surface area contributed by atoms with Crippen molar-refractivity contribution in [2.75, 3.05) is 18.0 Å². The molecule has 0 unspecified atom stereocenters. The molecule has 1 saturated heterocycles. The third-order valence-corrected chi connectivity index (χ3v) is 4.35. The van der Waals surface area contributed by atoms with Crippen LogP contribution in [0.1, 0.15) is 46.1 Å². The molecule has 4 heteroatoms. The molecule has 0 aromatic heterocycles. The SMILES string of the molecule is C[C@@H](N)C(=O)NC1CCN(c2ccc(C(C)(C)C)cc2)CC1. The van der Waals surface area contributed by atoms with Gasteiger partial charge in [-0.3, -0.25) is 4.79 Å². The number of nitrogens with zero attached hydrogens (tertiary/aromatic N) is 1. The molecule has 0 aliphatic carbocycles. The smallest absolute Gasteiger partial charge is 0.236 e. The molecule has 1 atom stereocenters. The van der Waals surface area contributed by atoms with Crippen molar-refractivity contribution in [3.05, 3.63) is 29.8 Å². The summed E-state index contributed by atoms with van der Waals surface area (Å²) in [5.74, 6) is -0.0482. The molecular weight excluding hydrogens is 274 g/mol. The standard InChI is InChI=1S/C18H29N3O/c1-13(19)17(22)20-15-9-11-21(12-10-15)16-7-5-14(6-8-16)18(2,3)4/h5-8,13,15H,9-12,19H2,1-4H3,(H,20,22)/t13-/m1/s1. The second-order valence-corrected chi connectivity index (χ2v) is 7.36. The van der Waals surface area contributed by atoms with Crippen LogP contribution in [0, 0.1) is 0 Å². The summed E-state index contributed by atoms with van der Waals surface area (Å²) in [6.45, 7) is 10.4. The average molecular weight is 303 g/mol. The molecule has 1 aromatic carbocycles. The van der Waals surface area contributed by atoms with Crippen LogP contribution in [0.2, 0.25) is 0 Å². The minimum atomic E-state index is -0.428. The van der Waals surface area contributed by atoms with E-state index in [0.29, 0.717) is 0 Å². The molecule has 0 saturated carbocycles. The monoisotopic (exact) mass is 303 g/mol. The number of nitrogens with one attached hydrogen (secondary N) is 1. The van der Waals surface area contributed by atoms with Gasteiger partial charge < -0.3 is 16.0 Å². The number of hydrogen-bond donors (Lipinski definition) is 2. The van der Waals surface area contributed by atoms with E-state index in [1.807, 2.05) is 0 Å². The van der Waals surface area contributed by atoms with E-state index < -0.39 is 6.04 Å². The predicted molar refractivity (Wildman–Crippen MR) is 92.2 cm³/mol. The maximum atomic E-state index is 11.6. The fraction of sp³-hybridized carbons (Fsp3) is 0.611. The lowest BCUT2D eigenvalue weighted by Crippen LogP contribution is -2.48. The highest BCUT2D eigenvalue weighted by Gasteiger charge is 2.22. The van der Waals surface area contributed by atoms with Gasteiger partial charge in [-0.15, -0.1) is 0 Å². The molecule has 1 amide bonds. The minimum Gasteiger partial charge on any atom is -0.371 e. The molecule has 3 N–H and O–H groups in total. The molecule has 22 heavy (non-hydrogen) atoms. The topological polar surface area (TPSA) is 58.4 Å². The lowest BCUT2D eigenvalue weighted by atomic mass is 9.87. The van der Waals surface area contributed by atoms with Gasteiger partial charge >= 0.3 is 0 Å². The molecule has 0 spiro atoms. The van der Waals surface area contributed by atoms with Gasteiger partial charge in [0.2, 0.25) is 5.91 Å². The van der Waals surface area contributed by atoms with Crippen LogP contribution in [-0.4, -0.2) is 31.1 Å². The normalized spacial score (nSPS) is 18.1. The number of amides is 1. The van der Waals surface area contributed by atoms with Gasteiger partial charge in [0.05, 0.1) is 6.04 Å². The fourth-order valence-electron chi connectivity index (χ4n) is 2.79. The van der Waals surface area contributed by atoms with Crippen LogP contribution in [0.4, 0.5) is 5.69 Å². The quantitative estimate of drug-likeness (QED) is 0.901. The number of benzene rings is 1. The van der Waals surface area contributed by atoms with E-state index in [0.717, 1.165) is 25.9 Å². The molecule has 4 nitrogen and oxygen atoms in total. The molecule has 1 aliphatic heterocycles. The summed E-state index contributed by atoms with van der Waals surface area (Å²) >= 11 is 0. The number of anilines is 1. The molecule has 1 fully saturated rings. The Morgan fingerprint density at radius 1 is 1.23 bits per heavy atom. The van der Waals surface area contributed by atoms with Crippen LogP contribution in [0.25, 0.3) is 0 Å². The van der Waals surface area contributed by atoms with Gasteiger partial charge in [0.25, 0.3) is 0 Å². The summed E-state index contributed by atoms with van der Waals surface area (Å²) in [6.07, 6.45) is 1.94. The number of piperidine rings is 1. The lowest BCUT2D eigenvalue weighted by Gasteiger charge is -2.34. The highest BCUT2D eigenvalue weighted by Crippen LogP contribution is 2.26. The maximum Gasteiger partial charge on any atom is 0.236 e. The predicted octanol–water partition coefficient (Wildman–Crippen LogP) is 2.42. The van der Waals surface area contributed by atoms with Gasteiger partial charge in [-0.1, -0.05) is 32.9 Å². The molecule has 1 aliphatic rings. The highest BCUT2D eigenvalue weighted by molar-refractivity contribution is 5.81. The Bertz CT molecular complexity index is 494. The second kappa shape index (κ2) is 6.69. The van der Waals surface area contributed by atoms with E-state index in [1.165, 1.54) is 11.3 Å². The summed E-state index contributed by atoms with van der Waals surface area (Å²) in [6, 6.07) is 8.69. The van der Waals surface area contributed by atoms with Gasteiger partial charge in [0.15, 0.2) is 0 Å². The maximum absolute atomic E-state index is 11.6. The Morgan fingerprint density at radius 3 is 2.23 bits per heavy atom. The number of hydrogen-bond acceptors (Lipinski definition) is 3. The largest absolute Gasteiger partial charge is 0.371 e. The zero-order valence-corrected chi connectivity index (χ0v) is 14.2. The van der Waals surface area contributed by atoms with Gasteiger partial charge in [-0.2, -0.15) is 0 Å². The Balaban J connectivity index is 1.90. The third kappa shape index (κ3) is 4.23. The van der Waals surface area contributed by atoms with E-state index in [1.54, 1.807) is 6.92 Å². The number of carbonyl (C=O) groups excluding carboxylic acids is 1. The van der Waals surface area contributed by atoms with Crippen molar-refractivity contribution < 1.29 is 4.79 Å². The Morgan fingerprint density at radius 2 is 1.77 bits per heavy atom. The lowest BCUT2D eigenvalue weighted by molar-refractivity contribution is -0.122. The summed E-state index contributed by atoms with van der Waals surface area (Å²) < 4.78 is 0. The Kier molecular flexibility index (Phi) is 5.12. The van der Waals surface area contributed by atoms with Crippen LogP contribution in [-0.2, 0) is 10.2 Å². The van der Waals surface area contributed by atoms with Crippen LogP contribution in [0.15, 0.2) is 24.3 Å². The average Bonchev–Trinajstić information content (AvgIpc) is 2.47. The minimum absolute atomic E-state index is 0.0482. The van der Waals surface area contributed by atoms with Crippen molar-refractivity contribution in [1.29, 1.82) is 0 Å². The van der Waals surface area contributed by atoms with Gasteiger partial charge in [0.1, 0.15) is 0 Å². The summed E-state index contributed by atoms with van der Waals surface area (Å²) in [5, 5.41) is 3.03. The van der Waals surface area contributed by atoms with E-state index in [-0.39, 0.29) is 17.4 Å². The zero-order valence-electron chi connectivity index (χ0n) is 14.2. The first-order valence-electron chi connectivity index (χ1n) is 8.19. The van der Waals surface area contributed by atoms with Gasteiger partial charge in [0, 0.05) is 24.8 Å². The molecule has 1 aromatic rings. The molecule has 1 heterocycles. The summed E-state index contributed by atoms with van der Waals surface area (Å²) in [4.78, 5) is 14.0. The van der Waals surface area contributed by atoms with Crippen molar-refractivity contribution >= 4 is 11.6 Å². The summed E-state index contributed by atoms with van der Waals surface area (Å²) in [7, 11) is 0. The number of nitrogens with two attached hydrogens (primary N) is 1. The third-order valence-electron chi connectivity index (χ3n) is 4.35. The van der Waals surface area contributed by atoms with Crippen molar-refractivity contribution in [1.82, 2.24) is 5.32 Å². The number of rotatable bonds is 3. The van der Waals surface area contributed by atoms with Crippen molar-refractivity contribution in [2.24, 2.45) is 5.73 Å². The van der Waals surface area contributed by atoms with Gasteiger partial charge in [-0.25, -0.2) is 0 Å². The zero-order chi connectivity index (χ0) is 16.3. The van der Waals surface area contributed by atoms with Crippen molar-refractivity contribution in [2.45, 2.75) is 58.0 Å². The first-order valence-corrected chi connectivity index (χ1v) is 8.19. The molecular formula is C18H29N3O. The van der Waals surface area contributed by atoms with Crippen molar-refractivity contribution in [3.63, 3.8) is 0 Å². The molecule has 0 radical (unpaired) electrons. The van der Waals surface area contributed by atoms with Gasteiger partial charge in [-0.05, 0) is 42.9 Å². The van der Waals surface area contributed by atoms with Crippen LogP contribution in [0.3, 0.4) is 0 Å². The molecule has 0 bridgehead atoms.